The Balaban J connectivity index is 1.73. The standard InChI is InChI=1S/C18H30N4S/c1-19-18(21-15-7-10-17(13-15)23-4)20-12-11-14-5-8-16(9-6-14)22(2)3/h5-6,8-9,15,17H,7,10-13H2,1-4H3,(H2,19,20,21). The number of nitrogens with zero attached hydrogens (tertiary/aromatic N) is 2. The molecule has 0 aliphatic heterocycles. The fraction of sp³-hybridized carbons (Fsp3) is 0.611. The van der Waals surface area contributed by atoms with Crippen LogP contribution in [0.1, 0.15) is 24.8 Å². The summed E-state index contributed by atoms with van der Waals surface area (Å²) in [5.41, 5.74) is 2.59. The number of anilines is 1. The zero-order valence-electron chi connectivity index (χ0n) is 14.8. The normalized spacial score (nSPS) is 21.3. The molecule has 1 saturated carbocycles. The number of rotatable bonds is 6. The number of hydrogen-bond donors (Lipinski definition) is 2. The van der Waals surface area contributed by atoms with E-state index in [4.69, 9.17) is 0 Å². The van der Waals surface area contributed by atoms with Crippen LogP contribution in [0.2, 0.25) is 0 Å². The molecule has 0 radical (unpaired) electrons. The second kappa shape index (κ2) is 9.06. The lowest BCUT2D eigenvalue weighted by atomic mass is 10.1. The lowest BCUT2D eigenvalue weighted by Gasteiger charge is -2.17. The van der Waals surface area contributed by atoms with E-state index in [0.717, 1.165) is 24.2 Å². The summed E-state index contributed by atoms with van der Waals surface area (Å²) < 4.78 is 0. The minimum atomic E-state index is 0.568. The summed E-state index contributed by atoms with van der Waals surface area (Å²) in [4.78, 5) is 6.47. The molecule has 23 heavy (non-hydrogen) atoms. The SMILES string of the molecule is CN=C(NCCc1ccc(N(C)C)cc1)NC1CCC(SC)C1. The van der Waals surface area contributed by atoms with E-state index in [1.807, 2.05) is 18.8 Å². The fourth-order valence-corrected chi connectivity index (χ4v) is 3.76. The Morgan fingerprint density at radius 3 is 2.57 bits per heavy atom. The smallest absolute Gasteiger partial charge is 0.191 e. The van der Waals surface area contributed by atoms with Crippen molar-refractivity contribution in [2.45, 2.75) is 37.0 Å². The van der Waals surface area contributed by atoms with Crippen molar-refractivity contribution in [3.63, 3.8) is 0 Å². The van der Waals surface area contributed by atoms with E-state index in [-0.39, 0.29) is 0 Å². The number of guanidine groups is 1. The van der Waals surface area contributed by atoms with Gasteiger partial charge in [0.15, 0.2) is 5.96 Å². The number of thioether (sulfide) groups is 1. The molecule has 0 saturated heterocycles. The van der Waals surface area contributed by atoms with E-state index in [2.05, 4.69) is 65.1 Å². The van der Waals surface area contributed by atoms with Gasteiger partial charge in [0.2, 0.25) is 0 Å². The summed E-state index contributed by atoms with van der Waals surface area (Å²) in [5, 5.41) is 7.80. The molecule has 2 unspecified atom stereocenters. The van der Waals surface area contributed by atoms with Crippen LogP contribution in [0.25, 0.3) is 0 Å². The first kappa shape index (κ1) is 18.0. The van der Waals surface area contributed by atoms with Crippen molar-refractivity contribution in [1.82, 2.24) is 10.6 Å². The monoisotopic (exact) mass is 334 g/mol. The van der Waals surface area contributed by atoms with Gasteiger partial charge in [-0.2, -0.15) is 11.8 Å². The maximum absolute atomic E-state index is 4.35. The summed E-state index contributed by atoms with van der Waals surface area (Å²) in [6.45, 7) is 0.902. The molecule has 2 rings (SSSR count). The molecule has 0 spiro atoms. The first-order valence-electron chi connectivity index (χ1n) is 8.38. The summed E-state index contributed by atoms with van der Waals surface area (Å²) >= 11 is 1.99. The maximum Gasteiger partial charge on any atom is 0.191 e. The van der Waals surface area contributed by atoms with E-state index < -0.39 is 0 Å². The molecule has 0 amide bonds. The summed E-state index contributed by atoms with van der Waals surface area (Å²) in [7, 11) is 5.98. The van der Waals surface area contributed by atoms with E-state index >= 15 is 0 Å². The number of nitrogens with one attached hydrogen (secondary N) is 2. The molecule has 0 heterocycles. The third kappa shape index (κ3) is 5.65. The van der Waals surface area contributed by atoms with Crippen LogP contribution >= 0.6 is 11.8 Å². The molecule has 128 valence electrons. The van der Waals surface area contributed by atoms with E-state index in [0.29, 0.717) is 6.04 Å². The maximum atomic E-state index is 4.35. The highest BCUT2D eigenvalue weighted by Gasteiger charge is 2.24. The van der Waals surface area contributed by atoms with Crippen molar-refractivity contribution in [2.75, 3.05) is 38.8 Å². The van der Waals surface area contributed by atoms with Crippen molar-refractivity contribution >= 4 is 23.4 Å². The summed E-state index contributed by atoms with van der Waals surface area (Å²) in [6.07, 6.45) is 7.02. The minimum absolute atomic E-state index is 0.568. The Bertz CT molecular complexity index is 498. The minimum Gasteiger partial charge on any atom is -0.378 e. The Kier molecular flexibility index (Phi) is 7.09. The third-order valence-corrected chi connectivity index (χ3v) is 5.54. The third-order valence-electron chi connectivity index (χ3n) is 4.44. The number of aliphatic imine (C=N–C) groups is 1. The number of hydrogen-bond acceptors (Lipinski definition) is 3. The molecule has 2 N–H and O–H groups in total. The van der Waals surface area contributed by atoms with Crippen molar-refractivity contribution in [1.29, 1.82) is 0 Å². The zero-order valence-corrected chi connectivity index (χ0v) is 15.6. The highest BCUT2D eigenvalue weighted by atomic mass is 32.2. The van der Waals surface area contributed by atoms with Gasteiger partial charge >= 0.3 is 0 Å². The summed E-state index contributed by atoms with van der Waals surface area (Å²) in [6, 6.07) is 9.31. The van der Waals surface area contributed by atoms with Gasteiger partial charge in [0, 0.05) is 44.7 Å². The molecular formula is C18H30N4S. The van der Waals surface area contributed by atoms with Gasteiger partial charge < -0.3 is 15.5 Å². The van der Waals surface area contributed by atoms with Crippen molar-refractivity contribution in [3.8, 4) is 0 Å². The predicted octanol–water partition coefficient (Wildman–Crippen LogP) is 2.74. The molecule has 1 aromatic rings. The molecule has 0 aromatic heterocycles. The van der Waals surface area contributed by atoms with E-state index in [1.165, 1.54) is 30.5 Å². The molecule has 2 atom stereocenters. The highest BCUT2D eigenvalue weighted by Crippen LogP contribution is 2.27. The van der Waals surface area contributed by atoms with Gasteiger partial charge in [-0.1, -0.05) is 12.1 Å². The summed E-state index contributed by atoms with van der Waals surface area (Å²) in [5.74, 6) is 0.932. The zero-order chi connectivity index (χ0) is 16.7. The number of benzene rings is 1. The largest absolute Gasteiger partial charge is 0.378 e. The molecular weight excluding hydrogens is 304 g/mol. The molecule has 1 fully saturated rings. The molecule has 5 heteroatoms. The van der Waals surface area contributed by atoms with Crippen molar-refractivity contribution in [3.05, 3.63) is 29.8 Å². The lowest BCUT2D eigenvalue weighted by molar-refractivity contribution is 0.614. The van der Waals surface area contributed by atoms with Crippen LogP contribution in [0, 0.1) is 0 Å². The van der Waals surface area contributed by atoms with Crippen LogP contribution in [0.5, 0.6) is 0 Å². The van der Waals surface area contributed by atoms with E-state index in [1.54, 1.807) is 0 Å². The van der Waals surface area contributed by atoms with E-state index in [9.17, 15) is 0 Å². The first-order chi connectivity index (χ1) is 11.1. The average molecular weight is 335 g/mol. The van der Waals surface area contributed by atoms with Gasteiger partial charge in [0.25, 0.3) is 0 Å². The van der Waals surface area contributed by atoms with Crippen molar-refractivity contribution in [2.24, 2.45) is 4.99 Å². The Labute approximate surface area is 145 Å². The van der Waals surface area contributed by atoms with Gasteiger partial charge in [-0.05, 0) is 49.6 Å². The van der Waals surface area contributed by atoms with Crippen LogP contribution in [0.4, 0.5) is 5.69 Å². The van der Waals surface area contributed by atoms with Crippen LogP contribution in [0.3, 0.4) is 0 Å². The van der Waals surface area contributed by atoms with Gasteiger partial charge in [-0.25, -0.2) is 0 Å². The van der Waals surface area contributed by atoms with Gasteiger partial charge in [0.1, 0.15) is 0 Å². The quantitative estimate of drug-likeness (QED) is 0.620. The molecule has 1 aliphatic rings. The molecule has 1 aliphatic carbocycles. The Morgan fingerprint density at radius 2 is 2.00 bits per heavy atom. The molecule has 0 bridgehead atoms. The van der Waals surface area contributed by atoms with Gasteiger partial charge in [0.05, 0.1) is 0 Å². The molecule has 1 aromatic carbocycles. The van der Waals surface area contributed by atoms with Crippen LogP contribution in [-0.4, -0.2) is 51.2 Å². The van der Waals surface area contributed by atoms with Crippen LogP contribution in [0.15, 0.2) is 29.3 Å². The van der Waals surface area contributed by atoms with Gasteiger partial charge in [-0.15, -0.1) is 0 Å². The lowest BCUT2D eigenvalue weighted by Crippen LogP contribution is -2.43. The fourth-order valence-electron chi connectivity index (χ4n) is 2.96. The first-order valence-corrected chi connectivity index (χ1v) is 9.67. The highest BCUT2D eigenvalue weighted by molar-refractivity contribution is 7.99. The van der Waals surface area contributed by atoms with Crippen LogP contribution in [-0.2, 0) is 6.42 Å². The van der Waals surface area contributed by atoms with Crippen LogP contribution < -0.4 is 15.5 Å². The average Bonchev–Trinajstić information content (AvgIpc) is 3.02. The van der Waals surface area contributed by atoms with Crippen molar-refractivity contribution < 1.29 is 0 Å². The second-order valence-electron chi connectivity index (χ2n) is 6.32. The topological polar surface area (TPSA) is 39.7 Å². The second-order valence-corrected chi connectivity index (χ2v) is 7.46. The predicted molar refractivity (Wildman–Crippen MR) is 104 cm³/mol. The van der Waals surface area contributed by atoms with Gasteiger partial charge in [-0.3, -0.25) is 4.99 Å². The Hall–Kier alpha value is -1.36. The molecule has 4 nitrogen and oxygen atoms in total. The Morgan fingerprint density at radius 1 is 1.26 bits per heavy atom.